The van der Waals surface area contributed by atoms with Crippen LogP contribution in [-0.2, 0) is 32.2 Å². The number of imidazole rings is 1. The summed E-state index contributed by atoms with van der Waals surface area (Å²) in [6.45, 7) is 9.91. The highest BCUT2D eigenvalue weighted by atomic mass is 31.2. The molecule has 0 aliphatic carbocycles. The number of amides is 1. The Hall–Kier alpha value is -4.15. The summed E-state index contributed by atoms with van der Waals surface area (Å²) < 4.78 is 55.1. The van der Waals surface area contributed by atoms with Crippen molar-refractivity contribution in [3.63, 3.8) is 0 Å². The average molecular weight is 787 g/mol. The molecule has 0 saturated carbocycles. The Bertz CT molecular complexity index is 2090. The fourth-order valence-electron chi connectivity index (χ4n) is 7.57. The van der Waals surface area contributed by atoms with Gasteiger partial charge in [-0.05, 0) is 41.4 Å². The van der Waals surface area contributed by atoms with E-state index in [4.69, 9.17) is 33.4 Å². The maximum atomic E-state index is 14.5. The smallest absolute Gasteiger partial charge is 0.391 e. The van der Waals surface area contributed by atoms with E-state index in [1.165, 1.54) is 6.33 Å². The van der Waals surface area contributed by atoms with E-state index in [0.717, 1.165) is 10.4 Å². The first kappa shape index (κ1) is 39.1. The highest BCUT2D eigenvalue weighted by molar-refractivity contribution is 7.55. The maximum absolute atomic E-state index is 14.5. The number of rotatable bonds is 14. The molecule has 0 radical (unpaired) electrons. The number of carbonyl (C=O) groups is 1. The van der Waals surface area contributed by atoms with Crippen LogP contribution in [0.15, 0.2) is 104 Å². The second kappa shape index (κ2) is 15.8. The molecule has 14 nitrogen and oxygen atoms in total. The Morgan fingerprint density at radius 2 is 1.47 bits per heavy atom. The molecule has 2 saturated heterocycles. The van der Waals surface area contributed by atoms with Crippen LogP contribution in [0.5, 0.6) is 0 Å². The van der Waals surface area contributed by atoms with Crippen LogP contribution in [-0.4, -0.2) is 83.9 Å². The normalized spacial score (nSPS) is 22.9. The number of hydrogen-bond donors (Lipinski definition) is 2. The lowest BCUT2D eigenvalue weighted by Crippen LogP contribution is -2.67. The zero-order valence-electron chi connectivity index (χ0n) is 31.5. The van der Waals surface area contributed by atoms with Crippen LogP contribution < -0.4 is 21.4 Å². The highest BCUT2D eigenvalue weighted by Gasteiger charge is 2.67. The Morgan fingerprint density at radius 1 is 0.891 bits per heavy atom. The van der Waals surface area contributed by atoms with Gasteiger partial charge in [-0.3, -0.25) is 13.9 Å². The van der Waals surface area contributed by atoms with Crippen molar-refractivity contribution in [2.75, 3.05) is 31.7 Å². The van der Waals surface area contributed by atoms with Crippen LogP contribution in [0.4, 0.5) is 5.82 Å². The van der Waals surface area contributed by atoms with Crippen molar-refractivity contribution in [2.45, 2.75) is 69.7 Å². The van der Waals surface area contributed by atoms with E-state index in [2.05, 4.69) is 65.3 Å². The van der Waals surface area contributed by atoms with Crippen molar-refractivity contribution < 1.29 is 37.0 Å². The van der Waals surface area contributed by atoms with E-state index in [1.807, 2.05) is 42.5 Å². The first-order valence-corrected chi connectivity index (χ1v) is 21.8. The second-order valence-corrected chi connectivity index (χ2v) is 20.8. The first-order chi connectivity index (χ1) is 26.5. The van der Waals surface area contributed by atoms with Crippen molar-refractivity contribution in [1.82, 2.24) is 19.5 Å². The van der Waals surface area contributed by atoms with E-state index >= 15 is 0 Å². The van der Waals surface area contributed by atoms with Gasteiger partial charge in [0.05, 0.1) is 32.7 Å². The molecule has 5 atom stereocenters. The van der Waals surface area contributed by atoms with Crippen LogP contribution >= 0.6 is 7.60 Å². The minimum Gasteiger partial charge on any atom is -0.405 e. The minimum atomic E-state index is -4.11. The SMILES string of the molecule is CCOP(=O)(OCC)[C@]1(CN)O[C@@H]2[C@H](O1)[C@@H](CO[Si](c1ccccc1)(c1ccccc1)C(C)(C)C)O[C@H]2n1cnc2c(NC(=O)c3ccccc3)ncnc21. The summed E-state index contributed by atoms with van der Waals surface area (Å²) in [7, 11) is -7.15. The van der Waals surface area contributed by atoms with E-state index in [-0.39, 0.29) is 43.1 Å². The van der Waals surface area contributed by atoms with Crippen LogP contribution in [0, 0.1) is 0 Å². The molecule has 2 fully saturated rings. The zero-order chi connectivity index (χ0) is 38.8. The molecule has 7 rings (SSSR count). The van der Waals surface area contributed by atoms with Crippen molar-refractivity contribution in [3.05, 3.63) is 109 Å². The van der Waals surface area contributed by atoms with Gasteiger partial charge >= 0.3 is 7.60 Å². The highest BCUT2D eigenvalue weighted by Crippen LogP contribution is 2.65. The third-order valence-electron chi connectivity index (χ3n) is 9.98. The number of anilines is 1. The average Bonchev–Trinajstić information content (AvgIpc) is 3.89. The molecule has 55 heavy (non-hydrogen) atoms. The molecule has 2 aliphatic rings. The van der Waals surface area contributed by atoms with E-state index in [0.29, 0.717) is 16.7 Å². The molecule has 3 aromatic carbocycles. The molecule has 4 heterocycles. The number of carbonyl (C=O) groups excluding carboxylic acids is 1. The lowest BCUT2D eigenvalue weighted by atomic mass is 10.1. The van der Waals surface area contributed by atoms with Gasteiger partial charge in [0.2, 0.25) is 0 Å². The van der Waals surface area contributed by atoms with Crippen LogP contribution in [0.3, 0.4) is 0 Å². The molecule has 16 heteroatoms. The second-order valence-electron chi connectivity index (χ2n) is 14.3. The van der Waals surface area contributed by atoms with Crippen molar-refractivity contribution >= 4 is 49.2 Å². The largest absolute Gasteiger partial charge is 0.405 e. The molecule has 1 amide bonds. The number of nitrogens with zero attached hydrogens (tertiary/aromatic N) is 4. The van der Waals surface area contributed by atoms with Crippen molar-refractivity contribution in [2.24, 2.45) is 5.73 Å². The Balaban J connectivity index is 1.29. The van der Waals surface area contributed by atoms with Gasteiger partial charge in [-0.2, -0.15) is 0 Å². The minimum absolute atomic E-state index is 0.0714. The van der Waals surface area contributed by atoms with E-state index in [9.17, 15) is 9.36 Å². The van der Waals surface area contributed by atoms with Crippen LogP contribution in [0.25, 0.3) is 11.2 Å². The van der Waals surface area contributed by atoms with Gasteiger partial charge in [-0.15, -0.1) is 0 Å². The monoisotopic (exact) mass is 786 g/mol. The molecule has 3 N–H and O–H groups in total. The Kier molecular flexibility index (Phi) is 11.2. The summed E-state index contributed by atoms with van der Waals surface area (Å²) in [4.78, 5) is 26.6. The number of benzene rings is 3. The topological polar surface area (TPSA) is 171 Å². The summed E-state index contributed by atoms with van der Waals surface area (Å²) >= 11 is 0. The molecule has 2 aromatic heterocycles. The number of ether oxygens (including phenoxy) is 3. The summed E-state index contributed by atoms with van der Waals surface area (Å²) in [5.41, 5.74) is 5.57. The Morgan fingerprint density at radius 3 is 2.04 bits per heavy atom. The molecular formula is C39H47N6O8PSi. The van der Waals surface area contributed by atoms with Crippen molar-refractivity contribution in [3.8, 4) is 0 Å². The number of aromatic nitrogens is 4. The van der Waals surface area contributed by atoms with E-state index < -0.39 is 46.0 Å². The zero-order valence-corrected chi connectivity index (χ0v) is 33.4. The van der Waals surface area contributed by atoms with E-state index in [1.54, 1.807) is 49.0 Å². The molecule has 290 valence electrons. The summed E-state index contributed by atoms with van der Waals surface area (Å²) in [6.07, 6.45) is -0.510. The van der Waals surface area contributed by atoms with Gasteiger partial charge in [0.15, 0.2) is 23.2 Å². The standard InChI is InChI=1S/C39H47N6O8PSi/c1-6-48-54(47,49-7-2)39(24-40)52-32-30(23-50-55(38(3,4)5,28-19-13-9-14-20-28)29-21-15-10-16-22-29)51-37(33(32)53-39)45-26-43-31-34(41-25-42-35(31)45)44-36(46)27-17-11-8-12-18-27/h8-22,25-26,30,32-33,37H,6-7,23-24,40H2,1-5H3,(H,41,42,44,46)/t30-,32-,33-,37-,39+/m1/s1. The first-order valence-electron chi connectivity index (χ1n) is 18.4. The molecule has 5 aromatic rings. The summed E-state index contributed by atoms with van der Waals surface area (Å²) in [5, 5.41) is 4.72. The Labute approximate surface area is 321 Å². The molecule has 0 bridgehead atoms. The van der Waals surface area contributed by atoms with Gasteiger partial charge in [-0.1, -0.05) is 99.6 Å². The third-order valence-corrected chi connectivity index (χ3v) is 17.4. The van der Waals surface area contributed by atoms with Gasteiger partial charge in [-0.25, -0.2) is 15.0 Å². The van der Waals surface area contributed by atoms with Gasteiger partial charge < -0.3 is 38.7 Å². The van der Waals surface area contributed by atoms with Crippen molar-refractivity contribution in [1.29, 1.82) is 0 Å². The predicted molar refractivity (Wildman–Crippen MR) is 210 cm³/mol. The third kappa shape index (κ3) is 6.98. The summed E-state index contributed by atoms with van der Waals surface area (Å²) in [5.74, 6) is -0.133. The molecular weight excluding hydrogens is 740 g/mol. The fourth-order valence-corrected chi connectivity index (χ4v) is 14.0. The van der Waals surface area contributed by atoms with Crippen LogP contribution in [0.1, 0.15) is 51.2 Å². The lowest BCUT2D eigenvalue weighted by Gasteiger charge is -2.43. The number of nitrogens with one attached hydrogen (secondary N) is 1. The maximum Gasteiger partial charge on any atom is 0.391 e. The lowest BCUT2D eigenvalue weighted by molar-refractivity contribution is -0.179. The van der Waals surface area contributed by atoms with Gasteiger partial charge in [0.25, 0.3) is 19.8 Å². The quantitative estimate of drug-likeness (QED) is 0.111. The summed E-state index contributed by atoms with van der Waals surface area (Å²) in [6, 6.07) is 29.4. The molecule has 0 unspecified atom stereocenters. The predicted octanol–water partition coefficient (Wildman–Crippen LogP) is 5.22. The number of hydrogen-bond acceptors (Lipinski definition) is 12. The van der Waals surface area contributed by atoms with Crippen LogP contribution in [0.2, 0.25) is 5.04 Å². The molecule has 2 aliphatic heterocycles. The number of nitrogens with two attached hydrogens (primary N) is 1. The number of fused-ring (bicyclic) bond motifs is 2. The molecule has 0 spiro atoms. The van der Waals surface area contributed by atoms with Gasteiger partial charge in [0.1, 0.15) is 24.6 Å². The van der Waals surface area contributed by atoms with Gasteiger partial charge in [0, 0.05) is 5.56 Å². The fraction of sp³-hybridized carbons (Fsp3) is 0.385.